The van der Waals surface area contributed by atoms with Gasteiger partial charge in [-0.25, -0.2) is 13.6 Å². The molecule has 0 aromatic heterocycles. The molecule has 1 saturated carbocycles. The van der Waals surface area contributed by atoms with E-state index in [4.69, 9.17) is 0 Å². The second kappa shape index (κ2) is 12.9. The highest BCUT2D eigenvalue weighted by Gasteiger charge is 2.45. The number of carbonyl (C=O) groups excluding carboxylic acids is 2. The van der Waals surface area contributed by atoms with Crippen LogP contribution in [0, 0.1) is 23.5 Å². The molecule has 11 heteroatoms. The standard InChI is InChI=1S/C31H30F6N2O3/c1-19(40)22-13-21(14-22)11-12-38-29(41)39-30(18-20-5-3-2-4-6-20,23-7-9-25(32)10-8-23)24-15-26(33)17-27(16-24)42-31(36,37)28(34)35/h2-10,15-17,21-22,28H,11-14,18H2,1H3,(H2,38,39,41)/t21?,22?,30-/m1/s1. The molecule has 3 aromatic rings. The van der Waals surface area contributed by atoms with Crippen molar-refractivity contribution >= 4 is 11.8 Å². The van der Waals surface area contributed by atoms with Crippen molar-refractivity contribution in [3.8, 4) is 5.75 Å². The van der Waals surface area contributed by atoms with Crippen LogP contribution in [0.5, 0.6) is 5.75 Å². The summed E-state index contributed by atoms with van der Waals surface area (Å²) in [6, 6.07) is 15.4. The number of ketones is 1. The van der Waals surface area contributed by atoms with Crippen molar-refractivity contribution in [1.29, 1.82) is 0 Å². The van der Waals surface area contributed by atoms with Gasteiger partial charge in [0.1, 0.15) is 23.2 Å². The van der Waals surface area contributed by atoms with Crippen LogP contribution in [0.15, 0.2) is 72.8 Å². The molecule has 1 atom stereocenters. The maximum absolute atomic E-state index is 14.9. The van der Waals surface area contributed by atoms with Gasteiger partial charge >= 0.3 is 18.6 Å². The fourth-order valence-electron chi connectivity index (χ4n) is 5.20. The predicted molar refractivity (Wildman–Crippen MR) is 143 cm³/mol. The summed E-state index contributed by atoms with van der Waals surface area (Å²) >= 11 is 0. The monoisotopic (exact) mass is 592 g/mol. The normalized spacial score (nSPS) is 18.1. The number of hydrogen-bond acceptors (Lipinski definition) is 3. The van der Waals surface area contributed by atoms with Crippen molar-refractivity contribution < 1.29 is 40.7 Å². The van der Waals surface area contributed by atoms with Gasteiger partial charge in [-0.05, 0) is 73.1 Å². The Morgan fingerprint density at radius 1 is 0.929 bits per heavy atom. The van der Waals surface area contributed by atoms with Gasteiger partial charge < -0.3 is 15.4 Å². The predicted octanol–water partition coefficient (Wildman–Crippen LogP) is 6.99. The van der Waals surface area contributed by atoms with Gasteiger partial charge in [0.25, 0.3) is 0 Å². The van der Waals surface area contributed by atoms with Crippen molar-refractivity contribution in [2.24, 2.45) is 11.8 Å². The lowest BCUT2D eigenvalue weighted by Crippen LogP contribution is -2.52. The number of Topliss-reactive ketones (excluding diaryl/α,β-unsaturated/α-hetero) is 1. The van der Waals surface area contributed by atoms with Gasteiger partial charge in [0, 0.05) is 24.9 Å². The molecule has 4 rings (SSSR count). The third-order valence-corrected chi connectivity index (χ3v) is 7.50. The summed E-state index contributed by atoms with van der Waals surface area (Å²) in [5.41, 5.74) is -0.883. The Bertz CT molecular complexity index is 1380. The van der Waals surface area contributed by atoms with Crippen LogP contribution in [0.3, 0.4) is 0 Å². The van der Waals surface area contributed by atoms with Crippen LogP contribution in [0.25, 0.3) is 0 Å². The van der Waals surface area contributed by atoms with E-state index in [9.17, 15) is 35.9 Å². The highest BCUT2D eigenvalue weighted by molar-refractivity contribution is 5.79. The lowest BCUT2D eigenvalue weighted by Gasteiger charge is -2.37. The van der Waals surface area contributed by atoms with Crippen LogP contribution >= 0.6 is 0 Å². The Morgan fingerprint density at radius 3 is 2.21 bits per heavy atom. The van der Waals surface area contributed by atoms with Crippen LogP contribution in [0.1, 0.15) is 42.9 Å². The average molecular weight is 593 g/mol. The van der Waals surface area contributed by atoms with Crippen LogP contribution in [0.2, 0.25) is 0 Å². The largest absolute Gasteiger partial charge is 0.461 e. The molecule has 0 bridgehead atoms. The first-order valence-corrected chi connectivity index (χ1v) is 13.4. The molecule has 1 aliphatic carbocycles. The molecule has 0 unspecified atom stereocenters. The SMILES string of the molecule is CC(=O)C1CC(CCNC(=O)N[C@](Cc2ccccc2)(c2ccc(F)cc2)c2cc(F)cc(OC(F)(F)C(F)F)c2)C1. The molecule has 1 fully saturated rings. The van der Waals surface area contributed by atoms with Gasteiger partial charge in [-0.3, -0.25) is 4.79 Å². The van der Waals surface area contributed by atoms with E-state index in [0.717, 1.165) is 37.1 Å². The minimum atomic E-state index is -4.91. The van der Waals surface area contributed by atoms with Crippen LogP contribution in [-0.2, 0) is 16.8 Å². The minimum Gasteiger partial charge on any atom is -0.428 e. The minimum absolute atomic E-state index is 0.0302. The molecule has 0 spiro atoms. The van der Waals surface area contributed by atoms with Gasteiger partial charge in [0.2, 0.25) is 0 Å². The zero-order valence-corrected chi connectivity index (χ0v) is 22.7. The highest BCUT2D eigenvalue weighted by Crippen LogP contribution is 2.38. The molecule has 2 N–H and O–H groups in total. The molecule has 1 aliphatic rings. The Hall–Kier alpha value is -4.02. The molecular formula is C31H30F6N2O3. The number of hydrogen-bond donors (Lipinski definition) is 2. The molecule has 3 aromatic carbocycles. The Labute approximate surface area is 239 Å². The molecule has 0 saturated heterocycles. The fourth-order valence-corrected chi connectivity index (χ4v) is 5.20. The summed E-state index contributed by atoms with van der Waals surface area (Å²) < 4.78 is 86.4. The molecule has 224 valence electrons. The first-order chi connectivity index (χ1) is 19.9. The number of nitrogens with one attached hydrogen (secondary N) is 2. The van der Waals surface area contributed by atoms with E-state index in [-0.39, 0.29) is 41.7 Å². The smallest absolute Gasteiger partial charge is 0.428 e. The highest BCUT2D eigenvalue weighted by atomic mass is 19.3. The van der Waals surface area contributed by atoms with Crippen LogP contribution in [0.4, 0.5) is 31.1 Å². The number of rotatable bonds is 12. The average Bonchev–Trinajstić information content (AvgIpc) is 2.89. The van der Waals surface area contributed by atoms with E-state index in [1.54, 1.807) is 37.3 Å². The van der Waals surface area contributed by atoms with E-state index in [0.29, 0.717) is 18.1 Å². The zero-order valence-electron chi connectivity index (χ0n) is 22.7. The third-order valence-electron chi connectivity index (χ3n) is 7.50. The Balaban J connectivity index is 1.71. The number of urea groups is 1. The topological polar surface area (TPSA) is 67.4 Å². The molecule has 0 aliphatic heterocycles. The summed E-state index contributed by atoms with van der Waals surface area (Å²) in [7, 11) is 0. The molecule has 42 heavy (non-hydrogen) atoms. The fraction of sp³-hybridized carbons (Fsp3) is 0.355. The number of benzene rings is 3. The first kappa shape index (κ1) is 30.9. The number of ether oxygens (including phenoxy) is 1. The van der Waals surface area contributed by atoms with Gasteiger partial charge in [0.15, 0.2) is 0 Å². The molecule has 5 nitrogen and oxygen atoms in total. The molecule has 0 radical (unpaired) electrons. The first-order valence-electron chi connectivity index (χ1n) is 13.4. The van der Waals surface area contributed by atoms with E-state index in [1.807, 2.05) is 0 Å². The second-order valence-electron chi connectivity index (χ2n) is 10.5. The van der Waals surface area contributed by atoms with Crippen molar-refractivity contribution in [3.63, 3.8) is 0 Å². The third kappa shape index (κ3) is 7.43. The molecular weight excluding hydrogens is 562 g/mol. The molecule has 0 heterocycles. The zero-order chi connectivity index (χ0) is 30.5. The maximum atomic E-state index is 14.9. The maximum Gasteiger partial charge on any atom is 0.461 e. The molecule has 2 amide bonds. The summed E-state index contributed by atoms with van der Waals surface area (Å²) in [4.78, 5) is 24.8. The van der Waals surface area contributed by atoms with Crippen molar-refractivity contribution in [2.45, 2.75) is 50.7 Å². The summed E-state index contributed by atoms with van der Waals surface area (Å²) in [5.74, 6) is -2.14. The van der Waals surface area contributed by atoms with Crippen molar-refractivity contribution in [3.05, 3.63) is 101 Å². The van der Waals surface area contributed by atoms with Gasteiger partial charge in [0.05, 0.1) is 5.54 Å². The van der Waals surface area contributed by atoms with E-state index in [2.05, 4.69) is 15.4 Å². The number of halogens is 6. The summed E-state index contributed by atoms with van der Waals surface area (Å²) in [6.07, 6.45) is -7.05. The van der Waals surface area contributed by atoms with Gasteiger partial charge in [-0.15, -0.1) is 0 Å². The number of alkyl halides is 4. The van der Waals surface area contributed by atoms with E-state index in [1.165, 1.54) is 12.1 Å². The van der Waals surface area contributed by atoms with Crippen LogP contribution < -0.4 is 15.4 Å². The number of amides is 2. The summed E-state index contributed by atoms with van der Waals surface area (Å²) in [5, 5.41) is 5.57. The van der Waals surface area contributed by atoms with E-state index < -0.39 is 41.5 Å². The van der Waals surface area contributed by atoms with Gasteiger partial charge in [-0.1, -0.05) is 42.5 Å². The van der Waals surface area contributed by atoms with Crippen molar-refractivity contribution in [1.82, 2.24) is 10.6 Å². The Morgan fingerprint density at radius 2 is 1.60 bits per heavy atom. The van der Waals surface area contributed by atoms with Crippen molar-refractivity contribution in [2.75, 3.05) is 6.54 Å². The number of carbonyl (C=O) groups is 2. The van der Waals surface area contributed by atoms with Gasteiger partial charge in [-0.2, -0.15) is 17.6 Å². The lowest BCUT2D eigenvalue weighted by atomic mass is 9.71. The summed E-state index contributed by atoms with van der Waals surface area (Å²) in [6.45, 7) is 1.80. The second-order valence-corrected chi connectivity index (χ2v) is 10.5. The van der Waals surface area contributed by atoms with Crippen LogP contribution in [-0.4, -0.2) is 30.9 Å². The quantitative estimate of drug-likeness (QED) is 0.223. The Kier molecular flexibility index (Phi) is 9.48. The lowest BCUT2D eigenvalue weighted by molar-refractivity contribution is -0.253. The van der Waals surface area contributed by atoms with E-state index >= 15 is 0 Å².